The van der Waals surface area contributed by atoms with E-state index in [1.54, 1.807) is 0 Å². The molecule has 3 heteroatoms. The quantitative estimate of drug-likeness (QED) is 0.159. The minimum atomic E-state index is -0.605. The van der Waals surface area contributed by atoms with E-state index < -0.39 is 5.41 Å². The molecule has 0 amide bonds. The van der Waals surface area contributed by atoms with Crippen LogP contribution >= 0.6 is 11.3 Å². The molecule has 0 radical (unpaired) electrons. The van der Waals surface area contributed by atoms with Crippen LogP contribution in [0, 0.1) is 0 Å². The third kappa shape index (κ3) is 5.51. The van der Waals surface area contributed by atoms with Crippen molar-refractivity contribution >= 4 is 70.5 Å². The lowest BCUT2D eigenvalue weighted by Crippen LogP contribution is -2.29. The molecule has 0 saturated carbocycles. The molecule has 64 heavy (non-hydrogen) atoms. The van der Waals surface area contributed by atoms with Gasteiger partial charge in [-0.2, -0.15) is 0 Å². The molecule has 12 aromatic rings. The molecule has 1 aliphatic carbocycles. The van der Waals surface area contributed by atoms with E-state index >= 15 is 0 Å². The van der Waals surface area contributed by atoms with Gasteiger partial charge in [0.25, 0.3) is 0 Å². The van der Waals surface area contributed by atoms with E-state index in [4.69, 9.17) is 4.42 Å². The Labute approximate surface area is 375 Å². The average molecular weight is 834 g/mol. The highest BCUT2D eigenvalue weighted by Gasteiger charge is 2.47. The number of anilines is 3. The maximum absolute atomic E-state index is 6.70. The number of furan rings is 1. The fourth-order valence-electron chi connectivity index (χ4n) is 10.6. The van der Waals surface area contributed by atoms with Gasteiger partial charge in [0.2, 0.25) is 0 Å². The van der Waals surface area contributed by atoms with Crippen LogP contribution in [0.2, 0.25) is 0 Å². The summed E-state index contributed by atoms with van der Waals surface area (Å²) in [7, 11) is 0. The summed E-state index contributed by atoms with van der Waals surface area (Å²) >= 11 is 1.85. The van der Waals surface area contributed by atoms with E-state index in [1.807, 2.05) is 11.3 Å². The number of hydrogen-bond donors (Lipinski definition) is 0. The molecule has 0 bridgehead atoms. The first-order chi connectivity index (χ1) is 31.7. The molecule has 0 spiro atoms. The largest absolute Gasteiger partial charge is 0.456 e. The summed E-state index contributed by atoms with van der Waals surface area (Å²) in [5.74, 6) is 0. The molecule has 1 aliphatic rings. The number of nitrogens with zero attached hydrogens (tertiary/aromatic N) is 1. The van der Waals surface area contributed by atoms with E-state index in [-0.39, 0.29) is 0 Å². The Morgan fingerprint density at radius 1 is 0.375 bits per heavy atom. The van der Waals surface area contributed by atoms with Crippen LogP contribution < -0.4 is 4.90 Å². The smallest absolute Gasteiger partial charge is 0.137 e. The monoisotopic (exact) mass is 833 g/mol. The molecule has 0 saturated heterocycles. The molecule has 0 fully saturated rings. The summed E-state index contributed by atoms with van der Waals surface area (Å²) in [6.45, 7) is 0. The number of rotatable bonds is 7. The van der Waals surface area contributed by atoms with E-state index in [1.165, 1.54) is 70.2 Å². The average Bonchev–Trinajstić information content (AvgIpc) is 4.03. The van der Waals surface area contributed by atoms with Crippen molar-refractivity contribution < 1.29 is 4.42 Å². The Hall–Kier alpha value is -7.98. The van der Waals surface area contributed by atoms with Crippen molar-refractivity contribution in [3.63, 3.8) is 0 Å². The summed E-state index contributed by atoms with van der Waals surface area (Å²) in [6, 6.07) is 86.6. The summed E-state index contributed by atoms with van der Waals surface area (Å²) < 4.78 is 9.26. The second kappa shape index (κ2) is 14.6. The highest BCUT2D eigenvalue weighted by molar-refractivity contribution is 7.25. The van der Waals surface area contributed by atoms with E-state index in [9.17, 15) is 0 Å². The number of fused-ring (bicyclic) bond motifs is 9. The van der Waals surface area contributed by atoms with Crippen molar-refractivity contribution in [2.75, 3.05) is 4.90 Å². The minimum Gasteiger partial charge on any atom is -0.456 e. The second-order valence-corrected chi connectivity index (χ2v) is 17.8. The van der Waals surface area contributed by atoms with Gasteiger partial charge in [-0.05, 0) is 116 Å². The fourth-order valence-corrected chi connectivity index (χ4v) is 11.7. The predicted octanol–water partition coefficient (Wildman–Crippen LogP) is 17.1. The summed E-state index contributed by atoms with van der Waals surface area (Å²) in [5, 5.41) is 4.69. The molecule has 2 heterocycles. The first kappa shape index (κ1) is 36.7. The summed E-state index contributed by atoms with van der Waals surface area (Å²) in [4.78, 5) is 2.46. The van der Waals surface area contributed by atoms with E-state index in [2.05, 4.69) is 241 Å². The van der Waals surface area contributed by atoms with Gasteiger partial charge in [0.15, 0.2) is 0 Å². The van der Waals surface area contributed by atoms with Crippen molar-refractivity contribution in [2.45, 2.75) is 5.41 Å². The number of hydrogen-bond acceptors (Lipinski definition) is 3. The van der Waals surface area contributed by atoms with Gasteiger partial charge in [0.05, 0.1) is 16.5 Å². The summed E-state index contributed by atoms with van der Waals surface area (Å²) in [6.07, 6.45) is 0. The third-order valence-corrected chi connectivity index (χ3v) is 14.5. The molecule has 0 aliphatic heterocycles. The second-order valence-electron chi connectivity index (χ2n) is 16.7. The Morgan fingerprint density at radius 3 is 1.89 bits per heavy atom. The normalized spacial score (nSPS) is 14.3. The van der Waals surface area contributed by atoms with Crippen molar-refractivity contribution in [3.8, 4) is 33.4 Å². The highest BCUT2D eigenvalue weighted by atomic mass is 32.1. The first-order valence-corrected chi connectivity index (χ1v) is 22.7. The van der Waals surface area contributed by atoms with Crippen LogP contribution in [-0.2, 0) is 5.41 Å². The van der Waals surface area contributed by atoms with Gasteiger partial charge >= 0.3 is 0 Å². The fraction of sp³-hybridized carbons (Fsp3) is 0.0164. The van der Waals surface area contributed by atoms with Crippen LogP contribution in [0.15, 0.2) is 241 Å². The Morgan fingerprint density at radius 2 is 1.03 bits per heavy atom. The highest BCUT2D eigenvalue weighted by Crippen LogP contribution is 2.59. The van der Waals surface area contributed by atoms with Crippen molar-refractivity contribution in [1.29, 1.82) is 0 Å². The van der Waals surface area contributed by atoms with Crippen LogP contribution in [-0.4, -0.2) is 0 Å². The topological polar surface area (TPSA) is 16.4 Å². The van der Waals surface area contributed by atoms with Crippen LogP contribution in [0.25, 0.3) is 75.5 Å². The van der Waals surface area contributed by atoms with Crippen molar-refractivity contribution in [3.05, 3.63) is 259 Å². The van der Waals surface area contributed by atoms with Gasteiger partial charge < -0.3 is 9.32 Å². The molecular weight excluding hydrogens is 795 g/mol. The molecule has 10 aromatic carbocycles. The van der Waals surface area contributed by atoms with Crippen LogP contribution in [0.5, 0.6) is 0 Å². The zero-order chi connectivity index (χ0) is 42.2. The molecule has 2 aromatic heterocycles. The van der Waals surface area contributed by atoms with Gasteiger partial charge in [-0.3, -0.25) is 0 Å². The van der Waals surface area contributed by atoms with E-state index in [0.717, 1.165) is 44.6 Å². The SMILES string of the molecule is c1ccc(-c2ccc3oc4cccc(N(c5cccc(C6(c7ccccc7)c7ccccc7-c7c(-c8ccccc8)cccc76)c5)c5ccc6sc7ccccc7c6c5)c4c3c2)cc1. The Bertz CT molecular complexity index is 3740. The predicted molar refractivity (Wildman–Crippen MR) is 269 cm³/mol. The zero-order valence-electron chi connectivity index (χ0n) is 34.8. The number of thiophene rings is 1. The Balaban J connectivity index is 1.10. The molecule has 1 unspecified atom stereocenters. The summed E-state index contributed by atoms with van der Waals surface area (Å²) in [5.41, 5.74) is 16.7. The maximum atomic E-state index is 6.70. The molecule has 2 nitrogen and oxygen atoms in total. The van der Waals surface area contributed by atoms with Gasteiger partial charge in [-0.15, -0.1) is 11.3 Å². The minimum absolute atomic E-state index is 0.605. The van der Waals surface area contributed by atoms with Gasteiger partial charge in [-0.1, -0.05) is 176 Å². The lowest BCUT2D eigenvalue weighted by Gasteiger charge is -2.35. The first-order valence-electron chi connectivity index (χ1n) is 21.9. The molecule has 13 rings (SSSR count). The standard InChI is InChI=1S/C61H39NOS/c1-4-17-40(18-5-1)42-33-35-55-51(37-42)60-54(30-16-31-56(60)63-55)62(46-34-36-58-50(39-46)48-25-11-13-32-57(48)64-58)45-24-14-23-44(38-45)61(43-21-8-3-9-22-43)52-28-12-10-26-49(52)59-47(27-15-29-53(59)61)41-19-6-2-7-20-41/h1-39H. The van der Waals surface area contributed by atoms with Crippen LogP contribution in [0.3, 0.4) is 0 Å². The van der Waals surface area contributed by atoms with Gasteiger partial charge in [-0.25, -0.2) is 0 Å². The van der Waals surface area contributed by atoms with Crippen molar-refractivity contribution in [1.82, 2.24) is 0 Å². The van der Waals surface area contributed by atoms with Gasteiger partial charge in [0.1, 0.15) is 11.2 Å². The number of benzene rings is 10. The van der Waals surface area contributed by atoms with Crippen LogP contribution in [0.1, 0.15) is 22.3 Å². The molecule has 1 atom stereocenters. The molecule has 300 valence electrons. The van der Waals surface area contributed by atoms with Gasteiger partial charge in [0, 0.05) is 36.9 Å². The van der Waals surface area contributed by atoms with E-state index in [0.29, 0.717) is 0 Å². The molecular formula is C61H39NOS. The molecule has 0 N–H and O–H groups in total. The van der Waals surface area contributed by atoms with Crippen LogP contribution in [0.4, 0.5) is 17.1 Å². The lowest BCUT2D eigenvalue weighted by molar-refractivity contribution is 0.669. The maximum Gasteiger partial charge on any atom is 0.137 e. The third-order valence-electron chi connectivity index (χ3n) is 13.3. The Kier molecular flexibility index (Phi) is 8.34. The zero-order valence-corrected chi connectivity index (χ0v) is 35.6. The lowest BCUT2D eigenvalue weighted by atomic mass is 9.67. The van der Waals surface area contributed by atoms with Crippen molar-refractivity contribution in [2.24, 2.45) is 0 Å².